The first-order valence-corrected chi connectivity index (χ1v) is 6.51. The Hall–Kier alpha value is -1.98. The number of benzene rings is 2. The molecule has 1 aromatic heterocycles. The molecule has 90 valence electrons. The van der Waals surface area contributed by atoms with Crippen molar-refractivity contribution in [2.45, 2.75) is 4.90 Å². The van der Waals surface area contributed by atoms with Crippen LogP contribution in [0.2, 0.25) is 0 Å². The van der Waals surface area contributed by atoms with Crippen LogP contribution in [0.5, 0.6) is 0 Å². The van der Waals surface area contributed by atoms with Crippen LogP contribution in [0.15, 0.2) is 53.4 Å². The summed E-state index contributed by atoms with van der Waals surface area (Å²) in [5, 5.41) is 0. The van der Waals surface area contributed by atoms with Crippen molar-refractivity contribution in [1.29, 1.82) is 0 Å². The SMILES string of the molecule is O=S(O)c1ccc2nc(-c3ccccc3)[nH]c2c1. The summed E-state index contributed by atoms with van der Waals surface area (Å²) in [6, 6.07) is 14.7. The molecule has 0 amide bonds. The van der Waals surface area contributed by atoms with Gasteiger partial charge in [0.25, 0.3) is 0 Å². The average Bonchev–Trinajstić information content (AvgIpc) is 2.82. The van der Waals surface area contributed by atoms with E-state index in [4.69, 9.17) is 4.55 Å². The Morgan fingerprint density at radius 1 is 1.11 bits per heavy atom. The maximum Gasteiger partial charge on any atom is 0.186 e. The van der Waals surface area contributed by atoms with Gasteiger partial charge in [-0.3, -0.25) is 0 Å². The molecular weight excluding hydrogens is 248 g/mol. The van der Waals surface area contributed by atoms with Crippen molar-refractivity contribution in [1.82, 2.24) is 9.97 Å². The third-order valence-corrected chi connectivity index (χ3v) is 3.36. The number of H-pyrrole nitrogens is 1. The number of rotatable bonds is 2. The quantitative estimate of drug-likeness (QED) is 0.695. The van der Waals surface area contributed by atoms with Crippen LogP contribution in [0.25, 0.3) is 22.4 Å². The molecule has 0 aliphatic heterocycles. The minimum absolute atomic E-state index is 0.366. The molecule has 2 aromatic carbocycles. The van der Waals surface area contributed by atoms with Crippen LogP contribution in [0, 0.1) is 0 Å². The van der Waals surface area contributed by atoms with Crippen molar-refractivity contribution in [2.24, 2.45) is 0 Å². The summed E-state index contributed by atoms with van der Waals surface area (Å²) in [6.45, 7) is 0. The first-order valence-electron chi connectivity index (χ1n) is 5.40. The smallest absolute Gasteiger partial charge is 0.186 e. The second-order valence-electron chi connectivity index (χ2n) is 3.88. The molecule has 0 aliphatic carbocycles. The highest BCUT2D eigenvalue weighted by atomic mass is 32.2. The molecule has 0 fully saturated rings. The van der Waals surface area contributed by atoms with Crippen molar-refractivity contribution in [3.63, 3.8) is 0 Å². The molecule has 1 atom stereocenters. The summed E-state index contributed by atoms with van der Waals surface area (Å²) in [5.74, 6) is 0.756. The van der Waals surface area contributed by atoms with Gasteiger partial charge in [-0.15, -0.1) is 0 Å². The van der Waals surface area contributed by atoms with Gasteiger partial charge >= 0.3 is 0 Å². The van der Waals surface area contributed by atoms with Gasteiger partial charge < -0.3 is 9.54 Å². The highest BCUT2D eigenvalue weighted by Gasteiger charge is 2.07. The van der Waals surface area contributed by atoms with Crippen LogP contribution in [-0.2, 0) is 11.1 Å². The molecule has 0 saturated heterocycles. The molecular formula is C13H10N2O2S. The van der Waals surface area contributed by atoms with Crippen LogP contribution in [0.4, 0.5) is 0 Å². The van der Waals surface area contributed by atoms with Gasteiger partial charge in [-0.2, -0.15) is 0 Å². The largest absolute Gasteiger partial charge is 0.338 e. The number of aromatic amines is 1. The lowest BCUT2D eigenvalue weighted by molar-refractivity contribution is 0.564. The molecule has 3 aromatic rings. The molecule has 1 unspecified atom stereocenters. The van der Waals surface area contributed by atoms with E-state index in [0.717, 1.165) is 22.4 Å². The Bertz CT molecular complexity index is 722. The van der Waals surface area contributed by atoms with Crippen molar-refractivity contribution >= 4 is 22.1 Å². The van der Waals surface area contributed by atoms with E-state index < -0.39 is 11.1 Å². The second kappa shape index (κ2) is 4.36. The summed E-state index contributed by atoms with van der Waals surface area (Å²) in [5.41, 5.74) is 2.53. The predicted molar refractivity (Wildman–Crippen MR) is 70.6 cm³/mol. The van der Waals surface area contributed by atoms with Crippen molar-refractivity contribution in [3.8, 4) is 11.4 Å². The fourth-order valence-corrected chi connectivity index (χ4v) is 2.23. The van der Waals surface area contributed by atoms with Gasteiger partial charge in [0.2, 0.25) is 0 Å². The number of imidazole rings is 1. The Morgan fingerprint density at radius 2 is 1.89 bits per heavy atom. The van der Waals surface area contributed by atoms with Gasteiger partial charge in [0.15, 0.2) is 11.1 Å². The maximum absolute atomic E-state index is 11.0. The lowest BCUT2D eigenvalue weighted by Gasteiger charge is -1.94. The molecule has 0 bridgehead atoms. The Balaban J connectivity index is 2.14. The van der Waals surface area contributed by atoms with Crippen LogP contribution < -0.4 is 0 Å². The van der Waals surface area contributed by atoms with Gasteiger partial charge in [0.1, 0.15) is 5.82 Å². The first kappa shape index (κ1) is 11.1. The monoisotopic (exact) mass is 258 g/mol. The zero-order valence-electron chi connectivity index (χ0n) is 9.33. The predicted octanol–water partition coefficient (Wildman–Crippen LogP) is 2.81. The fraction of sp³-hybridized carbons (Fsp3) is 0. The number of hydrogen-bond acceptors (Lipinski definition) is 2. The van der Waals surface area contributed by atoms with Gasteiger partial charge in [-0.25, -0.2) is 9.19 Å². The summed E-state index contributed by atoms with van der Waals surface area (Å²) in [7, 11) is 0. The van der Waals surface area contributed by atoms with E-state index in [1.807, 2.05) is 30.3 Å². The highest BCUT2D eigenvalue weighted by Crippen LogP contribution is 2.21. The molecule has 0 spiro atoms. The van der Waals surface area contributed by atoms with E-state index in [1.165, 1.54) is 0 Å². The van der Waals surface area contributed by atoms with Crippen LogP contribution in [0.3, 0.4) is 0 Å². The topological polar surface area (TPSA) is 66.0 Å². The second-order valence-corrected chi connectivity index (χ2v) is 4.85. The number of hydrogen-bond donors (Lipinski definition) is 2. The Kier molecular flexibility index (Phi) is 2.70. The van der Waals surface area contributed by atoms with Gasteiger partial charge in [-0.1, -0.05) is 30.3 Å². The zero-order valence-corrected chi connectivity index (χ0v) is 10.1. The summed E-state index contributed by atoms with van der Waals surface area (Å²) < 4.78 is 20.0. The number of fused-ring (bicyclic) bond motifs is 1. The van der Waals surface area contributed by atoms with Crippen molar-refractivity contribution in [3.05, 3.63) is 48.5 Å². The standard InChI is InChI=1S/C13H10N2O2S/c16-18(17)10-6-7-11-12(8-10)15-13(14-11)9-4-2-1-3-5-9/h1-8H,(H,14,15)(H,16,17). The van der Waals surface area contributed by atoms with Crippen LogP contribution in [-0.4, -0.2) is 18.7 Å². The normalized spacial score (nSPS) is 12.7. The number of nitrogens with one attached hydrogen (secondary N) is 1. The molecule has 3 rings (SSSR count). The summed E-state index contributed by atoms with van der Waals surface area (Å²) >= 11 is -1.97. The molecule has 18 heavy (non-hydrogen) atoms. The Labute approximate surface area is 106 Å². The third-order valence-electron chi connectivity index (χ3n) is 2.70. The minimum atomic E-state index is -1.97. The molecule has 0 saturated carbocycles. The molecule has 0 aliphatic rings. The van der Waals surface area contributed by atoms with Crippen molar-refractivity contribution in [2.75, 3.05) is 0 Å². The Morgan fingerprint density at radius 3 is 2.61 bits per heavy atom. The van der Waals surface area contributed by atoms with Gasteiger partial charge in [0, 0.05) is 5.56 Å². The number of aromatic nitrogens is 2. The van der Waals surface area contributed by atoms with E-state index in [0.29, 0.717) is 4.90 Å². The lowest BCUT2D eigenvalue weighted by Crippen LogP contribution is -1.86. The van der Waals surface area contributed by atoms with Gasteiger partial charge in [-0.05, 0) is 18.2 Å². The zero-order chi connectivity index (χ0) is 12.5. The highest BCUT2D eigenvalue weighted by molar-refractivity contribution is 7.79. The fourth-order valence-electron chi connectivity index (χ4n) is 1.83. The van der Waals surface area contributed by atoms with E-state index in [9.17, 15) is 4.21 Å². The van der Waals surface area contributed by atoms with E-state index in [1.54, 1.807) is 18.2 Å². The van der Waals surface area contributed by atoms with E-state index >= 15 is 0 Å². The van der Waals surface area contributed by atoms with Crippen molar-refractivity contribution < 1.29 is 8.76 Å². The van der Waals surface area contributed by atoms with Crippen LogP contribution in [0.1, 0.15) is 0 Å². The summed E-state index contributed by atoms with van der Waals surface area (Å²) in [4.78, 5) is 7.96. The van der Waals surface area contributed by atoms with Gasteiger partial charge in [0.05, 0.1) is 15.9 Å². The lowest BCUT2D eigenvalue weighted by atomic mass is 10.2. The first-order chi connectivity index (χ1) is 8.74. The molecule has 2 N–H and O–H groups in total. The van der Waals surface area contributed by atoms with Crippen LogP contribution >= 0.6 is 0 Å². The third kappa shape index (κ3) is 1.94. The van der Waals surface area contributed by atoms with E-state index in [-0.39, 0.29) is 0 Å². The molecule has 4 nitrogen and oxygen atoms in total. The molecule has 1 heterocycles. The maximum atomic E-state index is 11.0. The summed E-state index contributed by atoms with van der Waals surface area (Å²) in [6.07, 6.45) is 0. The van der Waals surface area contributed by atoms with E-state index in [2.05, 4.69) is 9.97 Å². The average molecular weight is 258 g/mol. The molecule has 0 radical (unpaired) electrons. The molecule has 5 heteroatoms. The minimum Gasteiger partial charge on any atom is -0.338 e. The number of nitrogens with zero attached hydrogens (tertiary/aromatic N) is 1.